The molecule has 0 fully saturated rings. The Balaban J connectivity index is 1.54. The Morgan fingerprint density at radius 1 is 0.562 bits per heavy atom. The summed E-state index contributed by atoms with van der Waals surface area (Å²) in [7, 11) is 0. The summed E-state index contributed by atoms with van der Waals surface area (Å²) in [5.74, 6) is -1.19. The molecule has 4 amide bonds. The van der Waals surface area contributed by atoms with Gasteiger partial charge in [0.1, 0.15) is 11.5 Å². The molecule has 0 saturated heterocycles. The van der Waals surface area contributed by atoms with Gasteiger partial charge in [0.2, 0.25) is 11.8 Å². The monoisotopic (exact) mass is 442 g/mol. The predicted octanol–water partition coefficient (Wildman–Crippen LogP) is 0.836. The first-order chi connectivity index (χ1) is 15.3. The number of ether oxygens (including phenoxy) is 2. The molecule has 2 aromatic carbocycles. The van der Waals surface area contributed by atoms with Crippen LogP contribution in [0.15, 0.2) is 48.5 Å². The van der Waals surface area contributed by atoms with Crippen LogP contribution in [0, 0.1) is 13.8 Å². The van der Waals surface area contributed by atoms with E-state index in [4.69, 9.17) is 9.47 Å². The Labute approximate surface area is 185 Å². The topological polar surface area (TPSA) is 135 Å². The van der Waals surface area contributed by atoms with Crippen molar-refractivity contribution in [2.45, 2.75) is 26.7 Å². The van der Waals surface area contributed by atoms with Crippen molar-refractivity contribution in [1.82, 2.24) is 21.7 Å². The highest BCUT2D eigenvalue weighted by Gasteiger charge is 2.10. The SMILES string of the molecule is Cc1ccc(OCC(=O)NNC(=O)CCC(=O)NNC(=O)COc2ccc(C)cc2)cc1. The second-order valence-corrected chi connectivity index (χ2v) is 6.90. The number of rotatable bonds is 9. The van der Waals surface area contributed by atoms with E-state index in [0.29, 0.717) is 11.5 Å². The molecular formula is C22H26N4O6. The van der Waals surface area contributed by atoms with Gasteiger partial charge in [0, 0.05) is 12.8 Å². The Bertz CT molecular complexity index is 851. The molecule has 0 unspecified atom stereocenters. The van der Waals surface area contributed by atoms with Crippen molar-refractivity contribution in [3.63, 3.8) is 0 Å². The van der Waals surface area contributed by atoms with E-state index in [-0.39, 0.29) is 26.1 Å². The Morgan fingerprint density at radius 2 is 0.875 bits per heavy atom. The van der Waals surface area contributed by atoms with Crippen LogP contribution in [0.2, 0.25) is 0 Å². The Morgan fingerprint density at radius 3 is 1.22 bits per heavy atom. The minimum absolute atomic E-state index is 0.194. The number of carbonyl (C=O) groups excluding carboxylic acids is 4. The standard InChI is InChI=1S/C22H26N4O6/c1-15-3-7-17(8-4-15)31-13-21(29)25-23-19(27)11-12-20(28)24-26-22(30)14-32-18-9-5-16(2)6-10-18/h3-10H,11-14H2,1-2H3,(H,23,27)(H,24,28)(H,25,29)(H,26,30). The molecule has 0 heterocycles. The lowest BCUT2D eigenvalue weighted by molar-refractivity contribution is -0.132. The number of benzene rings is 2. The lowest BCUT2D eigenvalue weighted by Crippen LogP contribution is -2.45. The van der Waals surface area contributed by atoms with E-state index in [1.165, 1.54) is 0 Å². The van der Waals surface area contributed by atoms with E-state index in [1.54, 1.807) is 24.3 Å². The molecule has 0 aromatic heterocycles. The number of hydrogen-bond acceptors (Lipinski definition) is 6. The molecule has 0 radical (unpaired) electrons. The molecule has 170 valence electrons. The van der Waals surface area contributed by atoms with Crippen molar-refractivity contribution in [1.29, 1.82) is 0 Å². The molecule has 0 atom stereocenters. The van der Waals surface area contributed by atoms with E-state index in [9.17, 15) is 19.2 Å². The second-order valence-electron chi connectivity index (χ2n) is 6.90. The molecule has 2 rings (SSSR count). The van der Waals surface area contributed by atoms with Crippen LogP contribution in [-0.4, -0.2) is 36.8 Å². The van der Waals surface area contributed by atoms with Gasteiger partial charge in [-0.1, -0.05) is 35.4 Å². The fourth-order valence-corrected chi connectivity index (χ4v) is 2.27. The quantitative estimate of drug-likeness (QED) is 0.425. The summed E-state index contributed by atoms with van der Waals surface area (Å²) in [5.41, 5.74) is 10.9. The number of hydrogen-bond donors (Lipinski definition) is 4. The molecule has 10 heteroatoms. The summed E-state index contributed by atoms with van der Waals surface area (Å²) in [6.45, 7) is 3.31. The van der Waals surface area contributed by atoms with Crippen LogP contribution in [0.3, 0.4) is 0 Å². The lowest BCUT2D eigenvalue weighted by Gasteiger charge is -2.10. The molecule has 0 aliphatic carbocycles. The number of hydrazine groups is 2. The Hall–Kier alpha value is -4.08. The molecule has 32 heavy (non-hydrogen) atoms. The molecule has 0 aliphatic rings. The van der Waals surface area contributed by atoms with Gasteiger partial charge >= 0.3 is 0 Å². The van der Waals surface area contributed by atoms with Gasteiger partial charge in [-0.25, -0.2) is 0 Å². The summed E-state index contributed by atoms with van der Waals surface area (Å²) < 4.78 is 10.6. The van der Waals surface area contributed by atoms with Crippen molar-refractivity contribution >= 4 is 23.6 Å². The van der Waals surface area contributed by atoms with Crippen LogP contribution < -0.4 is 31.2 Å². The van der Waals surface area contributed by atoms with Crippen LogP contribution in [0.5, 0.6) is 11.5 Å². The van der Waals surface area contributed by atoms with Crippen molar-refractivity contribution in [3.8, 4) is 11.5 Å². The smallest absolute Gasteiger partial charge is 0.276 e. The van der Waals surface area contributed by atoms with Crippen LogP contribution in [0.25, 0.3) is 0 Å². The highest BCUT2D eigenvalue weighted by molar-refractivity contribution is 5.87. The zero-order valence-corrected chi connectivity index (χ0v) is 17.9. The molecule has 0 bridgehead atoms. The van der Waals surface area contributed by atoms with Crippen molar-refractivity contribution in [3.05, 3.63) is 59.7 Å². The molecule has 2 aromatic rings. The average Bonchev–Trinajstić information content (AvgIpc) is 2.79. The van der Waals surface area contributed by atoms with Crippen LogP contribution in [0.4, 0.5) is 0 Å². The van der Waals surface area contributed by atoms with E-state index >= 15 is 0 Å². The van der Waals surface area contributed by atoms with Crippen LogP contribution >= 0.6 is 0 Å². The van der Waals surface area contributed by atoms with Gasteiger partial charge < -0.3 is 9.47 Å². The third-order valence-electron chi connectivity index (χ3n) is 4.04. The van der Waals surface area contributed by atoms with Crippen molar-refractivity contribution in [2.75, 3.05) is 13.2 Å². The second kappa shape index (κ2) is 12.6. The maximum atomic E-state index is 11.7. The minimum atomic E-state index is -0.571. The fourth-order valence-electron chi connectivity index (χ4n) is 2.27. The third kappa shape index (κ3) is 9.61. The summed E-state index contributed by atoms with van der Waals surface area (Å²) >= 11 is 0. The molecule has 10 nitrogen and oxygen atoms in total. The molecule has 0 saturated carbocycles. The van der Waals surface area contributed by atoms with E-state index < -0.39 is 23.6 Å². The lowest BCUT2D eigenvalue weighted by atomic mass is 10.2. The molecule has 0 spiro atoms. The number of carbonyl (C=O) groups is 4. The van der Waals surface area contributed by atoms with Gasteiger partial charge in [0.25, 0.3) is 11.8 Å². The Kier molecular flexibility index (Phi) is 9.51. The normalized spacial score (nSPS) is 9.94. The van der Waals surface area contributed by atoms with E-state index in [0.717, 1.165) is 11.1 Å². The van der Waals surface area contributed by atoms with Crippen LogP contribution in [-0.2, 0) is 19.2 Å². The van der Waals surface area contributed by atoms with Gasteiger partial charge in [-0.3, -0.25) is 40.9 Å². The maximum absolute atomic E-state index is 11.7. The van der Waals surface area contributed by atoms with Gasteiger partial charge in [0.15, 0.2) is 13.2 Å². The summed E-state index contributed by atoms with van der Waals surface area (Å²) in [6.07, 6.45) is -0.388. The van der Waals surface area contributed by atoms with Gasteiger partial charge in [-0.05, 0) is 38.1 Å². The fraction of sp³-hybridized carbons (Fsp3) is 0.273. The summed E-state index contributed by atoms with van der Waals surface area (Å²) in [5, 5.41) is 0. The van der Waals surface area contributed by atoms with Gasteiger partial charge in [-0.15, -0.1) is 0 Å². The van der Waals surface area contributed by atoms with E-state index in [1.807, 2.05) is 38.1 Å². The zero-order chi connectivity index (χ0) is 23.3. The first kappa shape index (κ1) is 24.2. The van der Waals surface area contributed by atoms with Gasteiger partial charge in [-0.2, -0.15) is 0 Å². The molecule has 4 N–H and O–H groups in total. The van der Waals surface area contributed by atoms with E-state index in [2.05, 4.69) is 21.7 Å². The molecular weight excluding hydrogens is 416 g/mol. The van der Waals surface area contributed by atoms with Gasteiger partial charge in [0.05, 0.1) is 0 Å². The number of nitrogens with one attached hydrogen (secondary N) is 4. The third-order valence-corrected chi connectivity index (χ3v) is 4.04. The largest absolute Gasteiger partial charge is 0.484 e. The van der Waals surface area contributed by atoms with Crippen molar-refractivity contribution in [2.24, 2.45) is 0 Å². The zero-order valence-electron chi connectivity index (χ0n) is 17.9. The number of aryl methyl sites for hydroxylation is 2. The first-order valence-electron chi connectivity index (χ1n) is 9.86. The summed E-state index contributed by atoms with van der Waals surface area (Å²) in [4.78, 5) is 46.9. The first-order valence-corrected chi connectivity index (χ1v) is 9.86. The maximum Gasteiger partial charge on any atom is 0.276 e. The average molecular weight is 442 g/mol. The highest BCUT2D eigenvalue weighted by atomic mass is 16.5. The number of amides is 4. The highest BCUT2D eigenvalue weighted by Crippen LogP contribution is 2.11. The molecule has 0 aliphatic heterocycles. The predicted molar refractivity (Wildman–Crippen MR) is 115 cm³/mol. The summed E-state index contributed by atoms with van der Waals surface area (Å²) in [6, 6.07) is 14.3. The minimum Gasteiger partial charge on any atom is -0.484 e. The van der Waals surface area contributed by atoms with Crippen molar-refractivity contribution < 1.29 is 28.7 Å². The van der Waals surface area contributed by atoms with Crippen LogP contribution in [0.1, 0.15) is 24.0 Å².